The predicted molar refractivity (Wildman–Crippen MR) is 92.4 cm³/mol. The van der Waals surface area contributed by atoms with Crippen LogP contribution in [0.4, 0.5) is 5.82 Å². The first-order valence-corrected chi connectivity index (χ1v) is 9.46. The Balaban J connectivity index is 2.22. The van der Waals surface area contributed by atoms with Crippen molar-refractivity contribution in [3.63, 3.8) is 0 Å². The molecule has 1 aromatic carbocycles. The molecular formula is C16H18N4O4S. The normalized spacial score (nSPS) is 14.3. The first-order valence-electron chi connectivity index (χ1n) is 7.57. The van der Waals surface area contributed by atoms with Gasteiger partial charge in [-0.1, -0.05) is 5.16 Å². The van der Waals surface area contributed by atoms with Gasteiger partial charge in [-0.25, -0.2) is 8.42 Å². The van der Waals surface area contributed by atoms with Crippen LogP contribution >= 0.6 is 0 Å². The van der Waals surface area contributed by atoms with E-state index < -0.39 is 9.84 Å². The third kappa shape index (κ3) is 2.91. The number of carbonyl (C=O) groups excluding carboxylic acids is 1. The van der Waals surface area contributed by atoms with E-state index in [-0.39, 0.29) is 22.1 Å². The topological polar surface area (TPSA) is 117 Å². The average molecular weight is 362 g/mol. The summed E-state index contributed by atoms with van der Waals surface area (Å²) in [6.45, 7) is 2.08. The number of oxime groups is 1. The number of benzene rings is 1. The van der Waals surface area contributed by atoms with Crippen LogP contribution in [0, 0.1) is 6.92 Å². The lowest BCUT2D eigenvalue weighted by atomic mass is 9.93. The first-order chi connectivity index (χ1) is 11.7. The third-order valence-electron chi connectivity index (χ3n) is 4.19. The van der Waals surface area contributed by atoms with Gasteiger partial charge in [-0.2, -0.15) is 5.10 Å². The number of aryl methyl sites for hydroxylation is 1. The zero-order chi connectivity index (χ0) is 18.4. The van der Waals surface area contributed by atoms with Gasteiger partial charge >= 0.3 is 0 Å². The minimum Gasteiger partial charge on any atom is -0.395 e. The van der Waals surface area contributed by atoms with E-state index in [1.54, 1.807) is 14.0 Å². The van der Waals surface area contributed by atoms with Gasteiger partial charge < -0.3 is 10.6 Å². The van der Waals surface area contributed by atoms with Gasteiger partial charge in [0.05, 0.1) is 22.4 Å². The molecule has 0 saturated heterocycles. The maximum absolute atomic E-state index is 12.9. The molecule has 3 rings (SSSR count). The average Bonchev–Trinajstić information content (AvgIpc) is 3.17. The Bertz CT molecular complexity index is 1010. The zero-order valence-corrected chi connectivity index (χ0v) is 14.9. The van der Waals surface area contributed by atoms with E-state index in [1.165, 1.54) is 23.0 Å². The molecule has 9 heteroatoms. The minimum absolute atomic E-state index is 0.130. The summed E-state index contributed by atoms with van der Waals surface area (Å²) in [7, 11) is -1.85. The van der Waals surface area contributed by atoms with E-state index >= 15 is 0 Å². The number of hydrogen-bond acceptors (Lipinski definition) is 7. The van der Waals surface area contributed by atoms with Crippen molar-refractivity contribution in [2.75, 3.05) is 18.6 Å². The Labute approximate surface area is 145 Å². The lowest BCUT2D eigenvalue weighted by Gasteiger charge is -2.14. The second-order valence-corrected chi connectivity index (χ2v) is 7.89. The fraction of sp³-hybridized carbons (Fsp3) is 0.312. The van der Waals surface area contributed by atoms with Crippen molar-refractivity contribution in [2.45, 2.75) is 18.2 Å². The van der Waals surface area contributed by atoms with Crippen LogP contribution in [0.5, 0.6) is 0 Å². The largest absolute Gasteiger partial charge is 0.395 e. The smallest absolute Gasteiger partial charge is 0.198 e. The summed E-state index contributed by atoms with van der Waals surface area (Å²) in [5, 5.41) is 7.92. The van der Waals surface area contributed by atoms with E-state index in [4.69, 9.17) is 10.6 Å². The molecule has 1 aromatic heterocycles. The van der Waals surface area contributed by atoms with E-state index in [2.05, 4.69) is 10.3 Å². The Kier molecular flexibility index (Phi) is 4.11. The minimum atomic E-state index is -3.49. The molecule has 132 valence electrons. The fourth-order valence-electron chi connectivity index (χ4n) is 2.85. The quantitative estimate of drug-likeness (QED) is 0.813. The number of aromatic nitrogens is 2. The van der Waals surface area contributed by atoms with Gasteiger partial charge in [-0.05, 0) is 24.6 Å². The van der Waals surface area contributed by atoms with Gasteiger partial charge in [-0.3, -0.25) is 9.48 Å². The van der Waals surface area contributed by atoms with Gasteiger partial charge in [0.2, 0.25) is 0 Å². The molecule has 2 N–H and O–H groups in total. The van der Waals surface area contributed by atoms with Crippen molar-refractivity contribution in [1.82, 2.24) is 9.78 Å². The number of ketones is 1. The highest BCUT2D eigenvalue weighted by molar-refractivity contribution is 7.90. The van der Waals surface area contributed by atoms with Crippen molar-refractivity contribution in [1.29, 1.82) is 0 Å². The summed E-state index contributed by atoms with van der Waals surface area (Å²) in [5.74, 6) is -0.0661. The van der Waals surface area contributed by atoms with Gasteiger partial charge in [-0.15, -0.1) is 0 Å². The molecule has 2 heterocycles. The number of nitrogens with two attached hydrogens (primary N) is 1. The maximum Gasteiger partial charge on any atom is 0.198 e. The van der Waals surface area contributed by atoms with Crippen LogP contribution in [0.3, 0.4) is 0 Å². The van der Waals surface area contributed by atoms with Crippen LogP contribution in [0.15, 0.2) is 28.4 Å². The second-order valence-electron chi connectivity index (χ2n) is 5.90. The van der Waals surface area contributed by atoms with Crippen molar-refractivity contribution < 1.29 is 18.0 Å². The summed E-state index contributed by atoms with van der Waals surface area (Å²) < 4.78 is 25.7. The molecule has 0 aliphatic carbocycles. The number of carbonyl (C=O) groups is 1. The number of hydrogen-bond donors (Lipinski definition) is 1. The number of nitrogens with zero attached hydrogens (tertiary/aromatic N) is 3. The monoisotopic (exact) mass is 362 g/mol. The highest BCUT2D eigenvalue weighted by atomic mass is 32.2. The van der Waals surface area contributed by atoms with Gasteiger partial charge in [0.25, 0.3) is 0 Å². The van der Waals surface area contributed by atoms with E-state index in [0.29, 0.717) is 35.4 Å². The Morgan fingerprint density at radius 1 is 1.32 bits per heavy atom. The lowest BCUT2D eigenvalue weighted by molar-refractivity contribution is 0.103. The molecule has 2 aromatic rings. The Morgan fingerprint density at radius 3 is 2.56 bits per heavy atom. The molecule has 0 unspecified atom stereocenters. The summed E-state index contributed by atoms with van der Waals surface area (Å²) in [6, 6.07) is 2.93. The molecule has 0 saturated carbocycles. The maximum atomic E-state index is 12.9. The van der Waals surface area contributed by atoms with Crippen molar-refractivity contribution in [2.24, 2.45) is 12.2 Å². The van der Waals surface area contributed by atoms with Crippen LogP contribution < -0.4 is 5.73 Å². The number of rotatable bonds is 4. The predicted octanol–water partition coefficient (Wildman–Crippen LogP) is 1.07. The van der Waals surface area contributed by atoms with Gasteiger partial charge in [0.15, 0.2) is 15.6 Å². The summed E-state index contributed by atoms with van der Waals surface area (Å²) in [5.41, 5.74) is 7.99. The Morgan fingerprint density at radius 2 is 2.04 bits per heavy atom. The highest BCUT2D eigenvalue weighted by Crippen LogP contribution is 2.28. The molecule has 1 aliphatic rings. The molecule has 0 amide bonds. The summed E-state index contributed by atoms with van der Waals surface area (Å²) >= 11 is 0. The van der Waals surface area contributed by atoms with Crippen LogP contribution in [0.1, 0.15) is 33.5 Å². The molecule has 0 spiro atoms. The first kappa shape index (κ1) is 17.2. The third-order valence-corrected chi connectivity index (χ3v) is 5.33. The van der Waals surface area contributed by atoms with Crippen LogP contribution in [-0.2, 0) is 21.7 Å². The van der Waals surface area contributed by atoms with E-state index in [1.807, 2.05) is 0 Å². The highest BCUT2D eigenvalue weighted by Gasteiger charge is 2.27. The number of sulfone groups is 1. The van der Waals surface area contributed by atoms with Gasteiger partial charge in [0.1, 0.15) is 12.4 Å². The number of nitrogen functional groups attached to an aromatic ring is 1. The molecular weight excluding hydrogens is 344 g/mol. The van der Waals surface area contributed by atoms with Crippen LogP contribution in [-0.4, -0.2) is 42.6 Å². The molecule has 0 fully saturated rings. The van der Waals surface area contributed by atoms with E-state index in [0.717, 1.165) is 6.26 Å². The SMILES string of the molecule is Cc1c(C(=O)c2cnn(C)c2N)ccc(S(C)(=O)=O)c1C1=NOCC1. The second kappa shape index (κ2) is 5.99. The molecule has 0 atom stereocenters. The molecule has 0 bridgehead atoms. The molecule has 0 radical (unpaired) electrons. The standard InChI is InChI=1S/C16H18N4O4S/c1-9-10(15(21)11-8-18-20(2)16(11)17)4-5-13(25(3,22)23)14(9)12-6-7-24-19-12/h4-5,8H,6-7,17H2,1-3H3. The zero-order valence-electron chi connectivity index (χ0n) is 14.1. The Hall–Kier alpha value is -2.68. The van der Waals surface area contributed by atoms with Crippen molar-refractivity contribution in [3.05, 3.63) is 40.6 Å². The van der Waals surface area contributed by atoms with E-state index in [9.17, 15) is 13.2 Å². The van der Waals surface area contributed by atoms with Crippen LogP contribution in [0.2, 0.25) is 0 Å². The lowest BCUT2D eigenvalue weighted by Crippen LogP contribution is -2.15. The fourth-order valence-corrected chi connectivity index (χ4v) is 3.81. The molecule has 8 nitrogen and oxygen atoms in total. The van der Waals surface area contributed by atoms with Gasteiger partial charge in [0, 0.05) is 30.9 Å². The molecule has 1 aliphatic heterocycles. The number of anilines is 1. The van der Waals surface area contributed by atoms with Crippen LogP contribution in [0.25, 0.3) is 0 Å². The van der Waals surface area contributed by atoms with Crippen molar-refractivity contribution >= 4 is 27.2 Å². The summed E-state index contributed by atoms with van der Waals surface area (Å²) in [4.78, 5) is 18.0. The summed E-state index contributed by atoms with van der Waals surface area (Å²) in [6.07, 6.45) is 3.01. The van der Waals surface area contributed by atoms with Crippen molar-refractivity contribution in [3.8, 4) is 0 Å². The molecule has 25 heavy (non-hydrogen) atoms.